The molecular weight excluding hydrogens is 342 g/mol. The summed E-state index contributed by atoms with van der Waals surface area (Å²) in [6.07, 6.45) is 0.159. The monoisotopic (exact) mass is 367 g/mol. The van der Waals surface area contributed by atoms with Crippen LogP contribution in [0.25, 0.3) is 0 Å². The Bertz CT molecular complexity index is 842. The van der Waals surface area contributed by atoms with Crippen molar-refractivity contribution in [3.05, 3.63) is 59.2 Å². The highest BCUT2D eigenvalue weighted by Gasteiger charge is 2.09. The van der Waals surface area contributed by atoms with E-state index in [0.29, 0.717) is 5.71 Å². The molecule has 0 bridgehead atoms. The molecule has 0 aromatic heterocycles. The molecule has 2 aromatic rings. The SMILES string of the molecule is COc1ccc(/C(C)=N/NC(=O)CCC(=O)Nc2cc(C)ccc2C)cc1. The average Bonchev–Trinajstić information content (AvgIpc) is 2.67. The Balaban J connectivity index is 1.82. The van der Waals surface area contributed by atoms with Crippen molar-refractivity contribution in [1.82, 2.24) is 5.43 Å². The largest absolute Gasteiger partial charge is 0.497 e. The van der Waals surface area contributed by atoms with Crippen molar-refractivity contribution in [2.75, 3.05) is 12.4 Å². The zero-order valence-corrected chi connectivity index (χ0v) is 16.1. The number of nitrogens with zero attached hydrogens (tertiary/aromatic N) is 1. The van der Waals surface area contributed by atoms with Gasteiger partial charge in [-0.1, -0.05) is 12.1 Å². The van der Waals surface area contributed by atoms with E-state index in [4.69, 9.17) is 4.74 Å². The van der Waals surface area contributed by atoms with Crippen LogP contribution in [-0.2, 0) is 9.59 Å². The molecule has 0 saturated carbocycles. The highest BCUT2D eigenvalue weighted by Crippen LogP contribution is 2.16. The van der Waals surface area contributed by atoms with Crippen molar-refractivity contribution in [2.45, 2.75) is 33.6 Å². The molecule has 0 radical (unpaired) electrons. The lowest BCUT2D eigenvalue weighted by Gasteiger charge is -2.09. The zero-order chi connectivity index (χ0) is 19.8. The topological polar surface area (TPSA) is 79.8 Å². The standard InChI is InChI=1S/C21H25N3O3/c1-14-5-6-15(2)19(13-14)22-20(25)11-12-21(26)24-23-16(3)17-7-9-18(27-4)10-8-17/h5-10,13H,11-12H2,1-4H3,(H,22,25)(H,24,26)/b23-16+. The van der Waals surface area contributed by atoms with E-state index in [1.807, 2.05) is 56.3 Å². The Morgan fingerprint density at radius 2 is 1.67 bits per heavy atom. The minimum atomic E-state index is -0.307. The number of carbonyl (C=O) groups is 2. The van der Waals surface area contributed by atoms with Crippen molar-refractivity contribution < 1.29 is 14.3 Å². The Hall–Kier alpha value is -3.15. The van der Waals surface area contributed by atoms with Gasteiger partial charge in [-0.2, -0.15) is 5.10 Å². The number of aryl methyl sites for hydroxylation is 2. The fourth-order valence-electron chi connectivity index (χ4n) is 2.41. The second-order valence-corrected chi connectivity index (χ2v) is 6.33. The number of ether oxygens (including phenoxy) is 1. The molecule has 2 rings (SSSR count). The quantitative estimate of drug-likeness (QED) is 0.580. The first-order valence-corrected chi connectivity index (χ1v) is 8.73. The summed E-state index contributed by atoms with van der Waals surface area (Å²) in [4.78, 5) is 24.0. The van der Waals surface area contributed by atoms with Crippen LogP contribution in [0.4, 0.5) is 5.69 Å². The number of hydrazone groups is 1. The van der Waals surface area contributed by atoms with E-state index < -0.39 is 0 Å². The number of amides is 2. The fourth-order valence-corrected chi connectivity index (χ4v) is 2.41. The van der Waals surface area contributed by atoms with E-state index in [9.17, 15) is 9.59 Å². The van der Waals surface area contributed by atoms with Gasteiger partial charge in [0.15, 0.2) is 0 Å². The average molecular weight is 367 g/mol. The minimum absolute atomic E-state index is 0.0656. The molecule has 0 fully saturated rings. The molecule has 0 unspecified atom stereocenters. The van der Waals surface area contributed by atoms with Gasteiger partial charge in [0.25, 0.3) is 0 Å². The van der Waals surface area contributed by atoms with E-state index in [1.165, 1.54) is 0 Å². The van der Waals surface area contributed by atoms with Gasteiger partial charge in [-0.15, -0.1) is 0 Å². The van der Waals surface area contributed by atoms with Crippen LogP contribution in [0.5, 0.6) is 5.75 Å². The van der Waals surface area contributed by atoms with Crippen LogP contribution in [0.2, 0.25) is 0 Å². The molecule has 142 valence electrons. The van der Waals surface area contributed by atoms with Gasteiger partial charge in [-0.25, -0.2) is 5.43 Å². The third kappa shape index (κ3) is 6.26. The highest BCUT2D eigenvalue weighted by atomic mass is 16.5. The van der Waals surface area contributed by atoms with Crippen molar-refractivity contribution >= 4 is 23.2 Å². The first-order valence-electron chi connectivity index (χ1n) is 8.73. The summed E-state index contributed by atoms with van der Waals surface area (Å²) in [5.41, 5.74) is 6.86. The lowest BCUT2D eigenvalue weighted by atomic mass is 10.1. The van der Waals surface area contributed by atoms with Crippen LogP contribution in [0.15, 0.2) is 47.6 Å². The third-order valence-corrected chi connectivity index (χ3v) is 4.10. The first-order chi connectivity index (χ1) is 12.9. The summed E-state index contributed by atoms with van der Waals surface area (Å²) < 4.78 is 5.11. The smallest absolute Gasteiger partial charge is 0.240 e. The summed E-state index contributed by atoms with van der Waals surface area (Å²) in [6.45, 7) is 5.69. The number of nitrogens with one attached hydrogen (secondary N) is 2. The Labute approximate surface area is 159 Å². The molecule has 0 atom stereocenters. The molecule has 2 aromatic carbocycles. The van der Waals surface area contributed by atoms with Gasteiger partial charge in [-0.3, -0.25) is 9.59 Å². The number of rotatable bonds is 7. The zero-order valence-electron chi connectivity index (χ0n) is 16.1. The van der Waals surface area contributed by atoms with Gasteiger partial charge in [-0.05, 0) is 67.8 Å². The van der Waals surface area contributed by atoms with Crippen molar-refractivity contribution in [2.24, 2.45) is 5.10 Å². The molecule has 0 saturated heterocycles. The summed E-state index contributed by atoms with van der Waals surface area (Å²) in [5.74, 6) is 0.249. The Kier molecular flexibility index (Phi) is 7.11. The number of methoxy groups -OCH3 is 1. The lowest BCUT2D eigenvalue weighted by molar-refractivity contribution is -0.124. The molecular formula is C21H25N3O3. The number of carbonyl (C=O) groups excluding carboxylic acids is 2. The normalized spacial score (nSPS) is 11.0. The number of anilines is 1. The summed E-state index contributed by atoms with van der Waals surface area (Å²) in [7, 11) is 1.60. The van der Waals surface area contributed by atoms with E-state index in [0.717, 1.165) is 28.1 Å². The molecule has 0 aliphatic heterocycles. The van der Waals surface area contributed by atoms with E-state index in [-0.39, 0.29) is 24.7 Å². The summed E-state index contributed by atoms with van der Waals surface area (Å²) >= 11 is 0. The van der Waals surface area contributed by atoms with Crippen LogP contribution in [-0.4, -0.2) is 24.6 Å². The molecule has 0 aliphatic rings. The van der Waals surface area contributed by atoms with Gasteiger partial charge in [0.05, 0.1) is 12.8 Å². The lowest BCUT2D eigenvalue weighted by Crippen LogP contribution is -2.22. The van der Waals surface area contributed by atoms with Crippen molar-refractivity contribution in [1.29, 1.82) is 0 Å². The van der Waals surface area contributed by atoms with Crippen LogP contribution in [0, 0.1) is 13.8 Å². The molecule has 6 heteroatoms. The summed E-state index contributed by atoms with van der Waals surface area (Å²) in [6, 6.07) is 13.2. The Morgan fingerprint density at radius 3 is 2.33 bits per heavy atom. The summed E-state index contributed by atoms with van der Waals surface area (Å²) in [5, 5.41) is 6.92. The number of hydrogen-bond donors (Lipinski definition) is 2. The molecule has 27 heavy (non-hydrogen) atoms. The highest BCUT2D eigenvalue weighted by molar-refractivity contribution is 5.99. The maximum atomic E-state index is 12.1. The first kappa shape index (κ1) is 20.2. The van der Waals surface area contributed by atoms with Gasteiger partial charge in [0.2, 0.25) is 11.8 Å². The van der Waals surface area contributed by atoms with Gasteiger partial charge >= 0.3 is 0 Å². The molecule has 0 spiro atoms. The van der Waals surface area contributed by atoms with E-state index in [1.54, 1.807) is 14.0 Å². The maximum Gasteiger partial charge on any atom is 0.240 e. The Morgan fingerprint density at radius 1 is 1.00 bits per heavy atom. The fraction of sp³-hybridized carbons (Fsp3) is 0.286. The van der Waals surface area contributed by atoms with E-state index >= 15 is 0 Å². The van der Waals surface area contributed by atoms with Crippen LogP contribution >= 0.6 is 0 Å². The molecule has 0 aliphatic carbocycles. The second kappa shape index (κ2) is 9.52. The van der Waals surface area contributed by atoms with Crippen molar-refractivity contribution in [3.63, 3.8) is 0 Å². The predicted molar refractivity (Wildman–Crippen MR) is 107 cm³/mol. The van der Waals surface area contributed by atoms with Crippen molar-refractivity contribution in [3.8, 4) is 5.75 Å². The molecule has 6 nitrogen and oxygen atoms in total. The van der Waals surface area contributed by atoms with Gasteiger partial charge in [0, 0.05) is 18.5 Å². The van der Waals surface area contributed by atoms with Crippen LogP contribution < -0.4 is 15.5 Å². The number of hydrogen-bond acceptors (Lipinski definition) is 4. The van der Waals surface area contributed by atoms with Crippen LogP contribution in [0.1, 0.15) is 36.5 Å². The molecule has 0 heterocycles. The van der Waals surface area contributed by atoms with Gasteiger partial charge < -0.3 is 10.1 Å². The predicted octanol–water partition coefficient (Wildman–Crippen LogP) is 3.57. The molecule has 2 amide bonds. The van der Waals surface area contributed by atoms with Gasteiger partial charge in [0.1, 0.15) is 5.75 Å². The maximum absolute atomic E-state index is 12.1. The second-order valence-electron chi connectivity index (χ2n) is 6.33. The third-order valence-electron chi connectivity index (χ3n) is 4.10. The molecule has 2 N–H and O–H groups in total. The van der Waals surface area contributed by atoms with E-state index in [2.05, 4.69) is 15.8 Å². The minimum Gasteiger partial charge on any atom is -0.497 e. The van der Waals surface area contributed by atoms with Crippen LogP contribution in [0.3, 0.4) is 0 Å². The number of benzene rings is 2.